The number of aliphatic hydroxyl groups is 2. The molecule has 0 radical (unpaired) electrons. The number of benzene rings is 1. The lowest BCUT2D eigenvalue weighted by Gasteiger charge is -2.27. The van der Waals surface area contributed by atoms with Crippen molar-refractivity contribution in [1.82, 2.24) is 4.98 Å². The maximum Gasteiger partial charge on any atom is 0.260 e. The van der Waals surface area contributed by atoms with Crippen molar-refractivity contribution < 1.29 is 24.9 Å². The normalized spacial score (nSPS) is 17.9. The number of nitrogens with one attached hydrogen (secondary N) is 1. The summed E-state index contributed by atoms with van der Waals surface area (Å²) in [6.45, 7) is 0. The summed E-state index contributed by atoms with van der Waals surface area (Å²) in [5.41, 5.74) is -6.18. The molecule has 0 amide bonds. The Bertz CT molecular complexity index is 2350. The molecule has 2 aromatic rings. The average molecular weight is 656 g/mol. The van der Waals surface area contributed by atoms with Crippen LogP contribution in [0.4, 0.5) is 0 Å². The Labute approximate surface area is 234 Å². The van der Waals surface area contributed by atoms with Crippen LogP contribution in [0, 0.1) is 14.0 Å². The second-order valence-corrected chi connectivity index (χ2v) is 10.5. The number of phenolic OH excluding ortho intramolecular Hbond substituents is 1. The quantitative estimate of drug-likeness (QED) is 0.122. The molecule has 0 aliphatic heterocycles. The zero-order valence-corrected chi connectivity index (χ0v) is 22.8. The van der Waals surface area contributed by atoms with E-state index in [1.807, 2.05) is 22.6 Å². The van der Waals surface area contributed by atoms with Crippen LogP contribution >= 0.6 is 22.6 Å². The predicted octanol–water partition coefficient (Wildman–Crippen LogP) is -0.901. The number of ether oxygens (including phenoxy) is 1. The largest absolute Gasteiger partial charge is 0.510 e. The van der Waals surface area contributed by atoms with Crippen LogP contribution in [-0.2, 0) is 16.7 Å². The van der Waals surface area contributed by atoms with Gasteiger partial charge in [0.25, 0.3) is 5.56 Å². The lowest BCUT2D eigenvalue weighted by atomic mass is 9.78. The highest BCUT2D eigenvalue weighted by molar-refractivity contribution is 14.1. The lowest BCUT2D eigenvalue weighted by molar-refractivity contribution is 0.215. The van der Waals surface area contributed by atoms with Gasteiger partial charge in [-0.05, 0) is 47.1 Å². The van der Waals surface area contributed by atoms with E-state index in [0.29, 0.717) is 14.5 Å². The van der Waals surface area contributed by atoms with Gasteiger partial charge in [-0.2, -0.15) is 0 Å². The van der Waals surface area contributed by atoms with Crippen molar-refractivity contribution in [2.75, 3.05) is 14.2 Å². The van der Waals surface area contributed by atoms with Crippen LogP contribution in [0.15, 0.2) is 41.3 Å². The molecule has 4 aliphatic rings. The molecule has 0 saturated heterocycles. The first kappa shape index (κ1) is 25.7. The molecule has 1 atom stereocenters. The van der Waals surface area contributed by atoms with Crippen LogP contribution in [0.1, 0.15) is 23.2 Å². The van der Waals surface area contributed by atoms with Crippen molar-refractivity contribution in [2.24, 2.45) is 5.16 Å². The molecule has 0 saturated carbocycles. The molecule has 1 aromatic heterocycles. The van der Waals surface area contributed by atoms with Crippen LogP contribution in [0.5, 0.6) is 11.5 Å². The summed E-state index contributed by atoms with van der Waals surface area (Å²) in [6, 6.07) is 2.35. The third kappa shape index (κ3) is 2.94. The zero-order valence-electron chi connectivity index (χ0n) is 20.7. The highest BCUT2D eigenvalue weighted by Gasteiger charge is 2.53. The van der Waals surface area contributed by atoms with Gasteiger partial charge in [0.15, 0.2) is 11.2 Å². The standard InChI is InChI=1S/C27H17IN2O10/c1-39-12-6-11(31)14-15(20(12)32)22(34)17-16(21(14)33)24(36)27(25(17)37)4-3-9-18(27)23(35)13-10(19(9)28)5-8(7-29-40-2)30-26(13)38/h5-7,35-37H,3-4H2,1-2H3,(H,30,38)/b29-7+/t27-/m0/s1. The Kier molecular flexibility index (Phi) is 5.46. The van der Waals surface area contributed by atoms with Crippen molar-refractivity contribution in [3.8, 4) is 11.5 Å². The van der Waals surface area contributed by atoms with E-state index >= 15 is 0 Å². The first-order chi connectivity index (χ1) is 19.0. The van der Waals surface area contributed by atoms with Gasteiger partial charge in [0, 0.05) is 20.6 Å². The second-order valence-electron chi connectivity index (χ2n) is 9.44. The number of halogens is 1. The highest BCUT2D eigenvalue weighted by atomic mass is 127. The number of aliphatic hydroxyl groups excluding tert-OH is 2. The molecule has 0 unspecified atom stereocenters. The van der Waals surface area contributed by atoms with Crippen molar-refractivity contribution in [3.63, 3.8) is 0 Å². The summed E-state index contributed by atoms with van der Waals surface area (Å²) >= 11 is 1.98. The highest BCUT2D eigenvalue weighted by Crippen LogP contribution is 2.55. The summed E-state index contributed by atoms with van der Waals surface area (Å²) < 4.78 is 5.41. The Balaban J connectivity index is 1.80. The van der Waals surface area contributed by atoms with Crippen LogP contribution < -0.4 is 42.4 Å². The molecular weight excluding hydrogens is 639 g/mol. The van der Waals surface area contributed by atoms with Gasteiger partial charge in [-0.25, -0.2) is 0 Å². The van der Waals surface area contributed by atoms with E-state index in [-0.39, 0.29) is 29.5 Å². The monoisotopic (exact) mass is 656 g/mol. The molecule has 1 spiro atoms. The van der Waals surface area contributed by atoms with E-state index in [1.54, 1.807) is 6.07 Å². The zero-order chi connectivity index (χ0) is 28.8. The number of nitrogens with zero attached hydrogens (tertiary/aromatic N) is 1. The van der Waals surface area contributed by atoms with Gasteiger partial charge in [-0.15, -0.1) is 0 Å². The summed E-state index contributed by atoms with van der Waals surface area (Å²) in [4.78, 5) is 73.1. The third-order valence-corrected chi connectivity index (χ3v) is 8.91. The van der Waals surface area contributed by atoms with E-state index < -0.39 is 76.6 Å². The fourth-order valence-electron chi connectivity index (χ4n) is 5.99. The molecule has 40 heavy (non-hydrogen) atoms. The number of hydrogen-bond donors (Lipinski definition) is 4. The Morgan fingerprint density at radius 2 is 1.60 bits per heavy atom. The van der Waals surface area contributed by atoms with Gasteiger partial charge >= 0.3 is 0 Å². The van der Waals surface area contributed by atoms with Crippen LogP contribution in [0.3, 0.4) is 0 Å². The van der Waals surface area contributed by atoms with E-state index in [4.69, 9.17) is 4.74 Å². The van der Waals surface area contributed by atoms with Crippen molar-refractivity contribution in [2.45, 2.75) is 18.3 Å². The van der Waals surface area contributed by atoms with Crippen LogP contribution in [0.2, 0.25) is 0 Å². The topological polar surface area (TPSA) is 193 Å². The second kappa shape index (κ2) is 8.48. The minimum absolute atomic E-state index is 0.0514. The molecule has 13 heteroatoms. The maximum absolute atomic E-state index is 13.6. The number of rotatable bonds is 3. The third-order valence-electron chi connectivity index (χ3n) is 7.67. The minimum atomic E-state index is -1.97. The molecular formula is C27H17IN2O10. The number of methoxy groups -OCH3 is 1. The average Bonchev–Trinajstić information content (AvgIpc) is 3.43. The summed E-state index contributed by atoms with van der Waals surface area (Å²) in [6.07, 6.45) is 1.36. The first-order valence-corrected chi connectivity index (χ1v) is 12.8. The number of oxime groups is 1. The molecule has 0 bridgehead atoms. The molecule has 4 aliphatic carbocycles. The molecule has 12 nitrogen and oxygen atoms in total. The number of hydrogen-bond acceptors (Lipinski definition) is 11. The maximum atomic E-state index is 13.6. The number of H-pyrrole nitrogens is 1. The van der Waals surface area contributed by atoms with Gasteiger partial charge in [0.05, 0.1) is 45.3 Å². The lowest BCUT2D eigenvalue weighted by Crippen LogP contribution is -2.51. The molecule has 6 rings (SSSR count). The number of fused-ring (bicyclic) bond motifs is 4. The predicted molar refractivity (Wildman–Crippen MR) is 151 cm³/mol. The van der Waals surface area contributed by atoms with E-state index in [9.17, 15) is 39.3 Å². The summed E-state index contributed by atoms with van der Waals surface area (Å²) in [7, 11) is 2.45. The van der Waals surface area contributed by atoms with E-state index in [2.05, 4.69) is 15.0 Å². The number of pyridine rings is 1. The first-order valence-electron chi connectivity index (χ1n) is 11.7. The summed E-state index contributed by atoms with van der Waals surface area (Å²) in [5, 5.41) is 35.6. The number of aromatic nitrogens is 1. The van der Waals surface area contributed by atoms with Gasteiger partial charge in [0.1, 0.15) is 29.8 Å². The Morgan fingerprint density at radius 3 is 2.23 bits per heavy atom. The molecule has 4 N–H and O–H groups in total. The van der Waals surface area contributed by atoms with Crippen LogP contribution in [-0.4, -0.2) is 40.7 Å². The van der Waals surface area contributed by atoms with Crippen LogP contribution in [0.25, 0.3) is 22.3 Å². The van der Waals surface area contributed by atoms with Gasteiger partial charge in [-0.3, -0.25) is 24.0 Å². The molecule has 1 heterocycles. The number of aromatic hydroxyl groups is 1. The smallest absolute Gasteiger partial charge is 0.260 e. The number of aromatic amines is 1. The van der Waals surface area contributed by atoms with E-state index in [0.717, 1.165) is 13.2 Å². The van der Waals surface area contributed by atoms with Gasteiger partial charge in [0.2, 0.25) is 16.3 Å². The SMILES string of the molecule is CO/N=C/c1cc2c(I)c3c(c(O)c2c(=O)[nH]1)[C@@]1(CC3)C(O)=c2c(=O)c3c(=O)cc(OC)c(=O)c=3c(=O)c2=C1O. The van der Waals surface area contributed by atoms with Gasteiger partial charge < -0.3 is 29.9 Å². The van der Waals surface area contributed by atoms with E-state index in [1.165, 1.54) is 13.3 Å². The van der Waals surface area contributed by atoms with Crippen molar-refractivity contribution in [1.29, 1.82) is 0 Å². The van der Waals surface area contributed by atoms with Gasteiger partial charge in [-0.1, -0.05) is 5.16 Å². The summed E-state index contributed by atoms with van der Waals surface area (Å²) in [5.74, 6) is -2.53. The minimum Gasteiger partial charge on any atom is -0.510 e. The molecule has 1 aromatic carbocycles. The fraction of sp³-hybridized carbons (Fsp3) is 0.185. The van der Waals surface area contributed by atoms with Crippen molar-refractivity contribution >= 4 is 51.1 Å². The Morgan fingerprint density at radius 1 is 0.950 bits per heavy atom. The Hall–Kier alpha value is -4.53. The number of phenols is 1. The van der Waals surface area contributed by atoms with Crippen molar-refractivity contribution in [3.05, 3.63) is 105 Å². The molecule has 202 valence electrons. The fourth-order valence-corrected chi connectivity index (χ4v) is 6.96. The molecule has 0 fully saturated rings.